The van der Waals surface area contributed by atoms with E-state index in [-0.39, 0.29) is 0 Å². The molecule has 4 nitrogen and oxygen atoms in total. The number of benzene rings is 1. The van der Waals surface area contributed by atoms with E-state index in [1.165, 1.54) is 6.20 Å². The third-order valence-corrected chi connectivity index (χ3v) is 1.98. The molecule has 4 heteroatoms. The number of anilines is 1. The highest BCUT2D eigenvalue weighted by Crippen LogP contribution is 2.16. The van der Waals surface area contributed by atoms with Crippen molar-refractivity contribution in [2.24, 2.45) is 0 Å². The third kappa shape index (κ3) is 1.92. The summed E-state index contributed by atoms with van der Waals surface area (Å²) >= 11 is 0. The number of hydrogen-bond acceptors (Lipinski definition) is 4. The largest absolute Gasteiger partial charge is 0.382 e. The second-order valence-electron chi connectivity index (χ2n) is 3.02. The molecule has 0 atom stereocenters. The fraction of sp³-hybridized carbons (Fsp3) is 0. The maximum Gasteiger partial charge on any atom is 0.141 e. The zero-order valence-corrected chi connectivity index (χ0v) is 7.88. The van der Waals surface area contributed by atoms with E-state index in [9.17, 15) is 0 Å². The monoisotopic (exact) mass is 196 g/mol. The second kappa shape index (κ2) is 3.76. The Morgan fingerprint density at radius 3 is 2.33 bits per heavy atom. The lowest BCUT2D eigenvalue weighted by molar-refractivity contribution is 1.21. The lowest BCUT2D eigenvalue weighted by Gasteiger charge is -1.99. The minimum absolute atomic E-state index is 0.396. The van der Waals surface area contributed by atoms with Gasteiger partial charge >= 0.3 is 0 Å². The molecule has 0 saturated heterocycles. The maximum absolute atomic E-state index is 8.64. The topological polar surface area (TPSA) is 75.6 Å². The van der Waals surface area contributed by atoms with Gasteiger partial charge in [-0.1, -0.05) is 12.1 Å². The summed E-state index contributed by atoms with van der Waals surface area (Å²) in [5, 5.41) is 8.64. The van der Waals surface area contributed by atoms with Crippen molar-refractivity contribution in [1.82, 2.24) is 9.97 Å². The molecule has 1 aromatic carbocycles. The molecular weight excluding hydrogens is 188 g/mol. The molecular formula is C11H8N4. The van der Waals surface area contributed by atoms with Gasteiger partial charge in [0.05, 0.1) is 29.7 Å². The van der Waals surface area contributed by atoms with E-state index in [2.05, 4.69) is 16.0 Å². The lowest BCUT2D eigenvalue weighted by atomic mass is 10.1. The molecule has 2 N–H and O–H groups in total. The van der Waals surface area contributed by atoms with Crippen LogP contribution in [0.4, 0.5) is 5.82 Å². The molecule has 0 fully saturated rings. The van der Waals surface area contributed by atoms with E-state index < -0.39 is 0 Å². The van der Waals surface area contributed by atoms with Crippen molar-refractivity contribution >= 4 is 5.82 Å². The van der Waals surface area contributed by atoms with Crippen LogP contribution in [-0.4, -0.2) is 9.97 Å². The van der Waals surface area contributed by atoms with Crippen LogP contribution in [0.1, 0.15) is 5.56 Å². The van der Waals surface area contributed by atoms with E-state index >= 15 is 0 Å². The number of nitriles is 1. The molecule has 1 aromatic heterocycles. The lowest BCUT2D eigenvalue weighted by Crippen LogP contribution is -1.92. The summed E-state index contributed by atoms with van der Waals surface area (Å²) in [5.41, 5.74) is 7.72. The van der Waals surface area contributed by atoms with Crippen LogP contribution in [0.25, 0.3) is 11.3 Å². The Labute approximate surface area is 87.0 Å². The van der Waals surface area contributed by atoms with E-state index in [1.807, 2.05) is 12.1 Å². The Bertz CT molecular complexity index is 494. The molecule has 2 aromatic rings. The van der Waals surface area contributed by atoms with Crippen LogP contribution in [-0.2, 0) is 0 Å². The van der Waals surface area contributed by atoms with Crippen molar-refractivity contribution in [2.45, 2.75) is 0 Å². The van der Waals surface area contributed by atoms with Crippen molar-refractivity contribution in [3.63, 3.8) is 0 Å². The van der Waals surface area contributed by atoms with Gasteiger partial charge in [-0.2, -0.15) is 5.26 Å². The third-order valence-electron chi connectivity index (χ3n) is 1.98. The average molecular weight is 196 g/mol. The Balaban J connectivity index is 2.38. The smallest absolute Gasteiger partial charge is 0.141 e. The van der Waals surface area contributed by atoms with Crippen molar-refractivity contribution in [3.8, 4) is 17.3 Å². The van der Waals surface area contributed by atoms with E-state index in [0.29, 0.717) is 11.4 Å². The van der Waals surface area contributed by atoms with Gasteiger partial charge in [-0.05, 0) is 12.1 Å². The number of nitrogens with two attached hydrogens (primary N) is 1. The van der Waals surface area contributed by atoms with Crippen molar-refractivity contribution in [1.29, 1.82) is 5.26 Å². The summed E-state index contributed by atoms with van der Waals surface area (Å²) in [6.07, 6.45) is 3.12. The van der Waals surface area contributed by atoms with Gasteiger partial charge in [0.2, 0.25) is 0 Å². The molecule has 0 radical (unpaired) electrons. The molecule has 2 rings (SSSR count). The van der Waals surface area contributed by atoms with Crippen molar-refractivity contribution in [2.75, 3.05) is 5.73 Å². The van der Waals surface area contributed by atoms with E-state index in [4.69, 9.17) is 11.0 Å². The van der Waals surface area contributed by atoms with Crippen LogP contribution in [0.2, 0.25) is 0 Å². The highest BCUT2D eigenvalue weighted by molar-refractivity contribution is 5.59. The number of nitrogens with zero attached hydrogens (tertiary/aromatic N) is 3. The zero-order chi connectivity index (χ0) is 10.7. The molecule has 15 heavy (non-hydrogen) atoms. The minimum Gasteiger partial charge on any atom is -0.382 e. The normalized spacial score (nSPS) is 9.53. The molecule has 0 amide bonds. The van der Waals surface area contributed by atoms with Gasteiger partial charge in [-0.25, -0.2) is 4.98 Å². The first-order chi connectivity index (χ1) is 7.29. The Kier molecular flexibility index (Phi) is 2.30. The first kappa shape index (κ1) is 9.16. The predicted octanol–water partition coefficient (Wildman–Crippen LogP) is 1.60. The Morgan fingerprint density at radius 1 is 1.07 bits per heavy atom. The highest BCUT2D eigenvalue weighted by Gasteiger charge is 1.99. The number of aromatic nitrogens is 2. The molecule has 0 bridgehead atoms. The fourth-order valence-corrected chi connectivity index (χ4v) is 1.20. The summed E-state index contributed by atoms with van der Waals surface area (Å²) in [4.78, 5) is 8.08. The van der Waals surface area contributed by atoms with Crippen LogP contribution in [0, 0.1) is 11.3 Å². The quantitative estimate of drug-likeness (QED) is 0.751. The van der Waals surface area contributed by atoms with Gasteiger partial charge < -0.3 is 5.73 Å². The van der Waals surface area contributed by atoms with Gasteiger partial charge in [-0.15, -0.1) is 0 Å². The molecule has 72 valence electrons. The van der Waals surface area contributed by atoms with Crippen LogP contribution >= 0.6 is 0 Å². The summed E-state index contributed by atoms with van der Waals surface area (Å²) < 4.78 is 0. The molecule has 0 saturated carbocycles. The average Bonchev–Trinajstić information content (AvgIpc) is 2.30. The summed E-state index contributed by atoms with van der Waals surface area (Å²) in [6.45, 7) is 0. The van der Waals surface area contributed by atoms with Gasteiger partial charge in [-0.3, -0.25) is 4.98 Å². The van der Waals surface area contributed by atoms with Gasteiger partial charge in [0.15, 0.2) is 0 Å². The van der Waals surface area contributed by atoms with Crippen molar-refractivity contribution < 1.29 is 0 Å². The summed E-state index contributed by atoms with van der Waals surface area (Å²) in [5.74, 6) is 0.396. The second-order valence-corrected chi connectivity index (χ2v) is 3.02. The van der Waals surface area contributed by atoms with E-state index in [1.54, 1.807) is 18.3 Å². The van der Waals surface area contributed by atoms with E-state index in [0.717, 1.165) is 11.3 Å². The van der Waals surface area contributed by atoms with Crippen LogP contribution < -0.4 is 5.73 Å². The molecule has 0 aliphatic heterocycles. The predicted molar refractivity (Wildman–Crippen MR) is 56.6 cm³/mol. The SMILES string of the molecule is N#Cc1ccc(-c2cnc(N)cn2)cc1. The van der Waals surface area contributed by atoms with Crippen LogP contribution in [0.15, 0.2) is 36.7 Å². The fourth-order valence-electron chi connectivity index (χ4n) is 1.20. The zero-order valence-electron chi connectivity index (χ0n) is 7.88. The summed E-state index contributed by atoms with van der Waals surface area (Å²) in [7, 11) is 0. The number of hydrogen-bond donors (Lipinski definition) is 1. The van der Waals surface area contributed by atoms with Crippen LogP contribution in [0.3, 0.4) is 0 Å². The van der Waals surface area contributed by atoms with Gasteiger partial charge in [0.1, 0.15) is 5.82 Å². The number of nitrogen functional groups attached to an aromatic ring is 1. The van der Waals surface area contributed by atoms with Gasteiger partial charge in [0, 0.05) is 5.56 Å². The summed E-state index contributed by atoms with van der Waals surface area (Å²) in [6, 6.07) is 9.21. The highest BCUT2D eigenvalue weighted by atomic mass is 14.9. The molecule has 0 aliphatic rings. The molecule has 0 aliphatic carbocycles. The first-order valence-corrected chi connectivity index (χ1v) is 4.37. The van der Waals surface area contributed by atoms with Crippen LogP contribution in [0.5, 0.6) is 0 Å². The Morgan fingerprint density at radius 2 is 1.80 bits per heavy atom. The first-order valence-electron chi connectivity index (χ1n) is 4.37. The molecule has 1 heterocycles. The van der Waals surface area contributed by atoms with Crippen molar-refractivity contribution in [3.05, 3.63) is 42.2 Å². The Hall–Kier alpha value is -2.41. The van der Waals surface area contributed by atoms with Gasteiger partial charge in [0.25, 0.3) is 0 Å². The molecule has 0 unspecified atom stereocenters. The molecule has 0 spiro atoms. The maximum atomic E-state index is 8.64. The number of rotatable bonds is 1. The minimum atomic E-state index is 0.396. The standard InChI is InChI=1S/C11H8N4/c12-5-8-1-3-9(4-2-8)10-6-15-11(13)7-14-10/h1-4,6-7H,(H2,13,15).